The van der Waals surface area contributed by atoms with E-state index in [0.29, 0.717) is 0 Å². The summed E-state index contributed by atoms with van der Waals surface area (Å²) in [5.74, 6) is 0. The van der Waals surface area contributed by atoms with Crippen molar-refractivity contribution in [1.29, 1.82) is 0 Å². The van der Waals surface area contributed by atoms with Gasteiger partial charge in [-0.05, 0) is 107 Å². The van der Waals surface area contributed by atoms with Crippen LogP contribution in [0.3, 0.4) is 0 Å². The maximum Gasteiger partial charge on any atom is 0.0355 e. The van der Waals surface area contributed by atoms with Gasteiger partial charge in [0.25, 0.3) is 0 Å². The van der Waals surface area contributed by atoms with E-state index < -0.39 is 0 Å². The molecule has 0 amide bonds. The molecule has 1 heterocycles. The minimum Gasteiger partial charge on any atom is -0.135 e. The molecule has 8 aromatic carbocycles. The topological polar surface area (TPSA) is 0 Å². The van der Waals surface area contributed by atoms with Gasteiger partial charge < -0.3 is 0 Å². The van der Waals surface area contributed by atoms with Gasteiger partial charge in [0.05, 0.1) is 0 Å². The molecule has 0 saturated carbocycles. The van der Waals surface area contributed by atoms with Crippen molar-refractivity contribution in [2.45, 2.75) is 26.2 Å². The summed E-state index contributed by atoms with van der Waals surface area (Å²) in [6.07, 6.45) is 0. The lowest BCUT2D eigenvalue weighted by Gasteiger charge is -2.21. The van der Waals surface area contributed by atoms with Crippen molar-refractivity contribution in [3.05, 3.63) is 169 Å². The molecule has 9 rings (SSSR count). The second kappa shape index (κ2) is 11.6. The molecule has 234 valence electrons. The molecule has 0 atom stereocenters. The number of hydrogen-bond donors (Lipinski definition) is 0. The maximum atomic E-state index is 2.42. The molecule has 0 aliphatic rings. The van der Waals surface area contributed by atoms with Gasteiger partial charge in [-0.25, -0.2) is 0 Å². The molecule has 0 bridgehead atoms. The lowest BCUT2D eigenvalue weighted by atomic mass is 9.83. The van der Waals surface area contributed by atoms with E-state index >= 15 is 0 Å². The van der Waals surface area contributed by atoms with Crippen molar-refractivity contribution in [2.24, 2.45) is 0 Å². The molecule has 0 fully saturated rings. The maximum absolute atomic E-state index is 2.42. The van der Waals surface area contributed by atoms with Gasteiger partial charge in [-0.15, -0.1) is 11.3 Å². The quantitative estimate of drug-likeness (QED) is 0.167. The molecule has 49 heavy (non-hydrogen) atoms. The van der Waals surface area contributed by atoms with Crippen LogP contribution in [-0.2, 0) is 5.41 Å². The Bertz CT molecular complexity index is 2670. The van der Waals surface area contributed by atoms with Crippen LogP contribution < -0.4 is 0 Å². The third kappa shape index (κ3) is 5.14. The second-order valence-corrected chi connectivity index (χ2v) is 15.2. The first-order chi connectivity index (χ1) is 23.9. The fourth-order valence-corrected chi connectivity index (χ4v) is 8.59. The molecule has 1 heteroatoms. The van der Waals surface area contributed by atoms with Crippen molar-refractivity contribution >= 4 is 53.1 Å². The van der Waals surface area contributed by atoms with Gasteiger partial charge in [-0.2, -0.15) is 0 Å². The lowest BCUT2D eigenvalue weighted by Crippen LogP contribution is -2.10. The highest BCUT2D eigenvalue weighted by Crippen LogP contribution is 2.45. The largest absolute Gasteiger partial charge is 0.135 e. The molecule has 1 aromatic heterocycles. The first-order valence-electron chi connectivity index (χ1n) is 17.1. The van der Waals surface area contributed by atoms with E-state index in [1.807, 2.05) is 11.3 Å². The van der Waals surface area contributed by atoms with Gasteiger partial charge in [0.2, 0.25) is 0 Å². The summed E-state index contributed by atoms with van der Waals surface area (Å²) < 4.78 is 2.67. The highest BCUT2D eigenvalue weighted by molar-refractivity contribution is 7.25. The minimum absolute atomic E-state index is 0.104. The average Bonchev–Trinajstić information content (AvgIpc) is 3.52. The van der Waals surface area contributed by atoms with E-state index in [0.717, 1.165) is 0 Å². The van der Waals surface area contributed by atoms with Gasteiger partial charge >= 0.3 is 0 Å². The van der Waals surface area contributed by atoms with Gasteiger partial charge in [-0.1, -0.05) is 154 Å². The Morgan fingerprint density at radius 3 is 1.49 bits per heavy atom. The summed E-state index contributed by atoms with van der Waals surface area (Å²) >= 11 is 1.87. The van der Waals surface area contributed by atoms with Gasteiger partial charge in [0, 0.05) is 20.2 Å². The van der Waals surface area contributed by atoms with Crippen molar-refractivity contribution in [1.82, 2.24) is 0 Å². The highest BCUT2D eigenvalue weighted by Gasteiger charge is 2.19. The number of thiophene rings is 1. The summed E-state index contributed by atoms with van der Waals surface area (Å²) in [5.41, 5.74) is 11.4. The summed E-state index contributed by atoms with van der Waals surface area (Å²) in [6, 6.07) is 60.8. The molecule has 0 N–H and O–H groups in total. The Balaban J connectivity index is 1.25. The molecule has 0 unspecified atom stereocenters. The van der Waals surface area contributed by atoms with E-state index in [9.17, 15) is 0 Å². The highest BCUT2D eigenvalue weighted by atomic mass is 32.1. The standard InChI is InChI=1S/C48H36S/c1-48(2,3)37-24-20-32(21-25-37)46-39-17-7-8-18-40(39)47(31-12-5-4-6-13-31)43-30-35(22-26-41(43)46)33-14-11-15-34(28-33)36-23-27-45-42(29-36)38-16-9-10-19-44(38)49-45/h4-30H,1-3H3. The molecule has 0 aliphatic carbocycles. The minimum atomic E-state index is 0.104. The Morgan fingerprint density at radius 2 is 0.796 bits per heavy atom. The molecule has 0 aliphatic heterocycles. The fraction of sp³-hybridized carbons (Fsp3) is 0.0833. The van der Waals surface area contributed by atoms with Crippen LogP contribution in [-0.4, -0.2) is 0 Å². The van der Waals surface area contributed by atoms with E-state index in [2.05, 4.69) is 185 Å². The smallest absolute Gasteiger partial charge is 0.0355 e. The van der Waals surface area contributed by atoms with E-state index in [1.54, 1.807) is 0 Å². The summed E-state index contributed by atoms with van der Waals surface area (Å²) in [7, 11) is 0. The first kappa shape index (κ1) is 29.6. The van der Waals surface area contributed by atoms with Gasteiger partial charge in [0.1, 0.15) is 0 Å². The molecule has 0 radical (unpaired) electrons. The Hall–Kier alpha value is -5.50. The Morgan fingerprint density at radius 1 is 0.327 bits per heavy atom. The van der Waals surface area contributed by atoms with Gasteiger partial charge in [0.15, 0.2) is 0 Å². The zero-order chi connectivity index (χ0) is 33.1. The SMILES string of the molecule is CC(C)(C)c1ccc(-c2c3ccccc3c(-c3ccccc3)c3cc(-c4cccc(-c5ccc6sc7ccccc7c6c5)c4)ccc23)cc1. The van der Waals surface area contributed by atoms with Crippen molar-refractivity contribution in [3.63, 3.8) is 0 Å². The molecule has 0 spiro atoms. The van der Waals surface area contributed by atoms with E-state index in [4.69, 9.17) is 0 Å². The van der Waals surface area contributed by atoms with Crippen LogP contribution in [0.4, 0.5) is 0 Å². The lowest BCUT2D eigenvalue weighted by molar-refractivity contribution is 0.590. The third-order valence-corrected chi connectivity index (χ3v) is 11.2. The number of hydrogen-bond acceptors (Lipinski definition) is 1. The zero-order valence-corrected chi connectivity index (χ0v) is 28.8. The van der Waals surface area contributed by atoms with Crippen LogP contribution >= 0.6 is 11.3 Å². The monoisotopic (exact) mass is 644 g/mol. The molecular weight excluding hydrogens is 609 g/mol. The average molecular weight is 645 g/mol. The van der Waals surface area contributed by atoms with Crippen LogP contribution in [0.1, 0.15) is 26.3 Å². The zero-order valence-electron chi connectivity index (χ0n) is 28.0. The predicted molar refractivity (Wildman–Crippen MR) is 215 cm³/mol. The van der Waals surface area contributed by atoms with Gasteiger partial charge in [-0.3, -0.25) is 0 Å². The third-order valence-electron chi connectivity index (χ3n) is 10.0. The molecule has 0 saturated heterocycles. The molecular formula is C48H36S. The number of fused-ring (bicyclic) bond motifs is 5. The fourth-order valence-electron chi connectivity index (χ4n) is 7.51. The number of benzene rings is 8. The van der Waals surface area contributed by atoms with Crippen molar-refractivity contribution in [2.75, 3.05) is 0 Å². The van der Waals surface area contributed by atoms with Crippen LogP contribution in [0, 0.1) is 0 Å². The predicted octanol–water partition coefficient (Wildman–Crippen LogP) is 14.3. The van der Waals surface area contributed by atoms with Crippen LogP contribution in [0.25, 0.3) is 86.2 Å². The number of rotatable bonds is 4. The van der Waals surface area contributed by atoms with Crippen LogP contribution in [0.15, 0.2) is 164 Å². The normalized spacial score (nSPS) is 12.0. The molecule has 0 nitrogen and oxygen atoms in total. The second-order valence-electron chi connectivity index (χ2n) is 14.1. The summed E-state index contributed by atoms with van der Waals surface area (Å²) in [4.78, 5) is 0. The van der Waals surface area contributed by atoms with E-state index in [1.165, 1.54) is 91.8 Å². The Labute approximate surface area is 291 Å². The first-order valence-corrected chi connectivity index (χ1v) is 17.9. The van der Waals surface area contributed by atoms with Crippen LogP contribution in [0.2, 0.25) is 0 Å². The van der Waals surface area contributed by atoms with Crippen molar-refractivity contribution < 1.29 is 0 Å². The van der Waals surface area contributed by atoms with E-state index in [-0.39, 0.29) is 5.41 Å². The van der Waals surface area contributed by atoms with Crippen LogP contribution in [0.5, 0.6) is 0 Å². The summed E-state index contributed by atoms with van der Waals surface area (Å²) in [5, 5.41) is 7.77. The van der Waals surface area contributed by atoms with Crippen molar-refractivity contribution in [3.8, 4) is 44.5 Å². The molecule has 9 aromatic rings. The summed E-state index contributed by atoms with van der Waals surface area (Å²) in [6.45, 7) is 6.83. The Kier molecular flexibility index (Phi) is 7.00.